The summed E-state index contributed by atoms with van der Waals surface area (Å²) in [6, 6.07) is 5.23. The molecule has 0 amide bonds. The number of aliphatic carboxylic acids is 1. The first-order chi connectivity index (χ1) is 12.5. The van der Waals surface area contributed by atoms with Crippen LogP contribution in [-0.2, 0) is 14.3 Å². The maximum Gasteiger partial charge on any atom is 0.320 e. The zero-order valence-corrected chi connectivity index (χ0v) is 17.9. The van der Waals surface area contributed by atoms with Gasteiger partial charge in [0.1, 0.15) is 10.9 Å². The molecular formula is C20H30O6S. The second-order valence-corrected chi connectivity index (χ2v) is 8.88. The first kappa shape index (κ1) is 23.1. The molecular weight excluding hydrogens is 368 g/mol. The van der Waals surface area contributed by atoms with Gasteiger partial charge >= 0.3 is 11.9 Å². The summed E-state index contributed by atoms with van der Waals surface area (Å²) in [5.41, 5.74) is -0.700. The summed E-state index contributed by atoms with van der Waals surface area (Å²) in [7, 11) is 3.06. The molecule has 1 rings (SSSR count). The van der Waals surface area contributed by atoms with E-state index >= 15 is 0 Å². The number of thioether (sulfide) groups is 1. The van der Waals surface area contributed by atoms with E-state index in [4.69, 9.17) is 14.2 Å². The summed E-state index contributed by atoms with van der Waals surface area (Å²) >= 11 is 1.17. The topological polar surface area (TPSA) is 82.1 Å². The predicted molar refractivity (Wildman–Crippen MR) is 106 cm³/mol. The Bertz CT molecular complexity index is 650. The summed E-state index contributed by atoms with van der Waals surface area (Å²) in [6.07, 6.45) is 0.375. The lowest BCUT2D eigenvalue weighted by molar-refractivity contribution is -0.159. The molecule has 152 valence electrons. The predicted octanol–water partition coefficient (Wildman–Crippen LogP) is 4.25. The molecule has 1 aromatic rings. The standard InChI is InChI=1S/C20H30O6S/c1-12(2)10-14(18(21)22)17(19(23)26-20(3,4)5)27-13-8-9-15(24-6)16(11-13)25-7/h8-9,11-12,14,17H,10H2,1-7H3,(H,21,22)/t14-,17-/m1/s1. The first-order valence-electron chi connectivity index (χ1n) is 8.82. The minimum absolute atomic E-state index is 0.127. The van der Waals surface area contributed by atoms with Gasteiger partial charge in [0.15, 0.2) is 11.5 Å². The van der Waals surface area contributed by atoms with Crippen LogP contribution in [-0.4, -0.2) is 42.1 Å². The number of carboxylic acids is 1. The minimum atomic E-state index is -1.01. The SMILES string of the molecule is COc1ccc(S[C@@H](C(=O)OC(C)(C)C)[C@@H](CC(C)C)C(=O)O)cc1OC. The Balaban J connectivity index is 3.24. The summed E-state index contributed by atoms with van der Waals surface area (Å²) in [4.78, 5) is 25.4. The molecule has 0 bridgehead atoms. The smallest absolute Gasteiger partial charge is 0.320 e. The minimum Gasteiger partial charge on any atom is -0.493 e. The average molecular weight is 399 g/mol. The van der Waals surface area contributed by atoms with Crippen LogP contribution in [0.2, 0.25) is 0 Å². The molecule has 6 nitrogen and oxygen atoms in total. The molecule has 0 aliphatic heterocycles. The largest absolute Gasteiger partial charge is 0.493 e. The molecule has 0 aliphatic rings. The van der Waals surface area contributed by atoms with Crippen molar-refractivity contribution < 1.29 is 28.9 Å². The number of methoxy groups -OCH3 is 2. The molecule has 0 unspecified atom stereocenters. The van der Waals surface area contributed by atoms with Gasteiger partial charge in [0.2, 0.25) is 0 Å². The van der Waals surface area contributed by atoms with Crippen molar-refractivity contribution in [3.8, 4) is 11.5 Å². The molecule has 0 saturated heterocycles. The number of esters is 1. The van der Waals surface area contributed by atoms with Crippen LogP contribution in [0.4, 0.5) is 0 Å². The fourth-order valence-corrected chi connectivity index (χ4v) is 3.70. The summed E-state index contributed by atoms with van der Waals surface area (Å²) < 4.78 is 16.0. The molecule has 7 heteroatoms. The fraction of sp³-hybridized carbons (Fsp3) is 0.600. The van der Waals surface area contributed by atoms with Crippen LogP contribution < -0.4 is 9.47 Å². The van der Waals surface area contributed by atoms with Crippen molar-refractivity contribution in [2.24, 2.45) is 11.8 Å². The highest BCUT2D eigenvalue weighted by Crippen LogP contribution is 2.37. The van der Waals surface area contributed by atoms with Gasteiger partial charge in [-0.2, -0.15) is 0 Å². The van der Waals surface area contributed by atoms with E-state index in [9.17, 15) is 14.7 Å². The second-order valence-electron chi connectivity index (χ2n) is 7.66. The Hall–Kier alpha value is -1.89. The number of carboxylic acid groups (broad SMARTS) is 1. The van der Waals surface area contributed by atoms with Crippen LogP contribution in [0.25, 0.3) is 0 Å². The lowest BCUT2D eigenvalue weighted by Gasteiger charge is -2.28. The Morgan fingerprint density at radius 1 is 1.11 bits per heavy atom. The Kier molecular flexibility index (Phi) is 8.47. The Labute approximate surface area is 165 Å². The van der Waals surface area contributed by atoms with E-state index in [1.807, 2.05) is 13.8 Å². The summed E-state index contributed by atoms with van der Waals surface area (Å²) in [5.74, 6) is -1.20. The van der Waals surface area contributed by atoms with E-state index in [0.717, 1.165) is 0 Å². The molecule has 27 heavy (non-hydrogen) atoms. The van der Waals surface area contributed by atoms with Gasteiger partial charge in [-0.3, -0.25) is 9.59 Å². The number of carbonyl (C=O) groups excluding carboxylic acids is 1. The Morgan fingerprint density at radius 2 is 1.70 bits per heavy atom. The average Bonchev–Trinajstić information content (AvgIpc) is 2.55. The van der Waals surface area contributed by atoms with Crippen LogP contribution in [0.15, 0.2) is 23.1 Å². The summed E-state index contributed by atoms with van der Waals surface area (Å²) in [6.45, 7) is 9.16. The van der Waals surface area contributed by atoms with Crippen LogP contribution >= 0.6 is 11.8 Å². The van der Waals surface area contributed by atoms with Crippen LogP contribution in [0, 0.1) is 11.8 Å². The third-order valence-corrected chi connectivity index (χ3v) is 4.97. The monoisotopic (exact) mass is 398 g/mol. The third kappa shape index (κ3) is 7.33. The third-order valence-electron chi connectivity index (χ3n) is 3.67. The van der Waals surface area contributed by atoms with Crippen LogP contribution in [0.5, 0.6) is 11.5 Å². The molecule has 0 aliphatic carbocycles. The molecule has 0 spiro atoms. The number of hydrogen-bond acceptors (Lipinski definition) is 6. The van der Waals surface area contributed by atoms with Gasteiger partial charge in [0, 0.05) is 4.90 Å². The number of carbonyl (C=O) groups is 2. The lowest BCUT2D eigenvalue weighted by atomic mass is 9.94. The quantitative estimate of drug-likeness (QED) is 0.492. The molecule has 0 aromatic heterocycles. The normalized spacial score (nSPS) is 13.8. The molecule has 0 saturated carbocycles. The number of ether oxygens (including phenoxy) is 3. The fourth-order valence-electron chi connectivity index (χ4n) is 2.55. The van der Waals surface area contributed by atoms with Crippen LogP contribution in [0.1, 0.15) is 41.0 Å². The van der Waals surface area contributed by atoms with Crippen molar-refractivity contribution in [2.45, 2.75) is 56.8 Å². The van der Waals surface area contributed by atoms with Gasteiger partial charge < -0.3 is 19.3 Å². The summed E-state index contributed by atoms with van der Waals surface area (Å²) in [5, 5.41) is 8.86. The second kappa shape index (κ2) is 9.88. The van der Waals surface area contributed by atoms with Gasteiger partial charge in [-0.1, -0.05) is 13.8 Å². The van der Waals surface area contributed by atoms with Crippen molar-refractivity contribution >= 4 is 23.7 Å². The van der Waals surface area contributed by atoms with Crippen molar-refractivity contribution in [2.75, 3.05) is 14.2 Å². The van der Waals surface area contributed by atoms with Crippen LogP contribution in [0.3, 0.4) is 0 Å². The van der Waals surface area contributed by atoms with E-state index in [1.165, 1.54) is 26.0 Å². The van der Waals surface area contributed by atoms with E-state index in [2.05, 4.69) is 0 Å². The number of benzene rings is 1. The van der Waals surface area contributed by atoms with E-state index in [0.29, 0.717) is 22.8 Å². The van der Waals surface area contributed by atoms with Crippen molar-refractivity contribution in [1.82, 2.24) is 0 Å². The van der Waals surface area contributed by atoms with Gasteiger partial charge in [-0.25, -0.2) is 0 Å². The highest BCUT2D eigenvalue weighted by molar-refractivity contribution is 8.00. The van der Waals surface area contributed by atoms with Gasteiger partial charge in [-0.05, 0) is 51.3 Å². The van der Waals surface area contributed by atoms with Gasteiger partial charge in [-0.15, -0.1) is 11.8 Å². The molecule has 1 aromatic carbocycles. The van der Waals surface area contributed by atoms with Gasteiger partial charge in [0.25, 0.3) is 0 Å². The molecule has 0 fully saturated rings. The Morgan fingerprint density at radius 3 is 2.15 bits per heavy atom. The maximum absolute atomic E-state index is 12.8. The number of hydrogen-bond donors (Lipinski definition) is 1. The van der Waals surface area contributed by atoms with Crippen molar-refractivity contribution in [3.63, 3.8) is 0 Å². The van der Waals surface area contributed by atoms with E-state index in [-0.39, 0.29) is 5.92 Å². The van der Waals surface area contributed by atoms with Gasteiger partial charge in [0.05, 0.1) is 20.1 Å². The zero-order valence-electron chi connectivity index (χ0n) is 17.1. The van der Waals surface area contributed by atoms with E-state index < -0.39 is 28.7 Å². The molecule has 0 radical (unpaired) electrons. The van der Waals surface area contributed by atoms with E-state index in [1.54, 1.807) is 39.0 Å². The van der Waals surface area contributed by atoms with Crippen molar-refractivity contribution in [1.29, 1.82) is 0 Å². The lowest BCUT2D eigenvalue weighted by Crippen LogP contribution is -2.38. The molecule has 0 heterocycles. The molecule has 1 N–H and O–H groups in total. The molecule has 2 atom stereocenters. The first-order valence-corrected chi connectivity index (χ1v) is 9.70. The zero-order chi connectivity index (χ0) is 20.8. The number of rotatable bonds is 9. The maximum atomic E-state index is 12.8. The van der Waals surface area contributed by atoms with Crippen molar-refractivity contribution in [3.05, 3.63) is 18.2 Å². The highest BCUT2D eigenvalue weighted by atomic mass is 32.2. The highest BCUT2D eigenvalue weighted by Gasteiger charge is 2.38.